The second kappa shape index (κ2) is 5.46. The van der Waals surface area contributed by atoms with E-state index in [9.17, 15) is 0 Å². The van der Waals surface area contributed by atoms with E-state index in [1.165, 1.54) is 11.9 Å². The van der Waals surface area contributed by atoms with Crippen LogP contribution >= 0.6 is 0 Å². The number of nitrogens with two attached hydrogens (primary N) is 1. The molecule has 0 fully saturated rings. The van der Waals surface area contributed by atoms with Crippen LogP contribution in [0.2, 0.25) is 0 Å². The highest BCUT2D eigenvalue weighted by atomic mass is 16.5. The Balaban J connectivity index is 2.13. The van der Waals surface area contributed by atoms with Gasteiger partial charge in [0.2, 0.25) is 5.88 Å². The van der Waals surface area contributed by atoms with Gasteiger partial charge in [-0.1, -0.05) is 26.0 Å². The summed E-state index contributed by atoms with van der Waals surface area (Å²) in [6.45, 7) is 4.30. The van der Waals surface area contributed by atoms with E-state index in [-0.39, 0.29) is 0 Å². The van der Waals surface area contributed by atoms with Crippen LogP contribution < -0.4 is 16.0 Å². The van der Waals surface area contributed by atoms with Crippen molar-refractivity contribution in [3.8, 4) is 11.6 Å². The summed E-state index contributed by atoms with van der Waals surface area (Å²) in [7, 11) is 0. The lowest BCUT2D eigenvalue weighted by Crippen LogP contribution is -2.08. The van der Waals surface area contributed by atoms with Crippen LogP contribution in [0, 0.1) is 0 Å². The fourth-order valence-corrected chi connectivity index (χ4v) is 1.52. The molecule has 0 atom stereocenters. The van der Waals surface area contributed by atoms with Crippen molar-refractivity contribution in [3.05, 3.63) is 42.2 Å². The summed E-state index contributed by atoms with van der Waals surface area (Å²) in [6, 6.07) is 9.57. The molecule has 0 aliphatic rings. The fourth-order valence-electron chi connectivity index (χ4n) is 1.52. The molecule has 1 aromatic carbocycles. The van der Waals surface area contributed by atoms with Crippen molar-refractivity contribution in [2.24, 2.45) is 5.84 Å². The number of ether oxygens (including phenoxy) is 1. The zero-order chi connectivity index (χ0) is 13.0. The number of hydrogen-bond acceptors (Lipinski definition) is 5. The molecule has 0 amide bonds. The van der Waals surface area contributed by atoms with Crippen molar-refractivity contribution in [2.75, 3.05) is 5.43 Å². The molecule has 0 bridgehead atoms. The molecule has 0 unspecified atom stereocenters. The number of nitrogen functional groups attached to an aromatic ring is 1. The normalized spacial score (nSPS) is 10.4. The van der Waals surface area contributed by atoms with Crippen molar-refractivity contribution in [3.63, 3.8) is 0 Å². The predicted octanol–water partition coefficient (Wildman–Crippen LogP) is 2.68. The van der Waals surface area contributed by atoms with Crippen LogP contribution in [0.4, 0.5) is 5.82 Å². The first kappa shape index (κ1) is 12.3. The summed E-state index contributed by atoms with van der Waals surface area (Å²) < 4.78 is 5.61. The molecule has 0 aliphatic carbocycles. The minimum atomic E-state index is 0.454. The number of nitrogens with one attached hydrogen (secondary N) is 1. The van der Waals surface area contributed by atoms with E-state index in [2.05, 4.69) is 29.2 Å². The number of hydrogen-bond donors (Lipinski definition) is 2. The van der Waals surface area contributed by atoms with Gasteiger partial charge < -0.3 is 10.2 Å². The summed E-state index contributed by atoms with van der Waals surface area (Å²) in [4.78, 5) is 7.92. The quantitative estimate of drug-likeness (QED) is 0.639. The van der Waals surface area contributed by atoms with Crippen molar-refractivity contribution >= 4 is 5.82 Å². The number of anilines is 1. The standard InChI is InChI=1S/C13H16N4O/c1-9(2)10-3-5-11(6-4-10)18-13-7-12(17-14)15-8-16-13/h3-9H,14H2,1-2H3,(H,15,16,17). The average molecular weight is 244 g/mol. The second-order valence-electron chi connectivity index (χ2n) is 4.21. The zero-order valence-corrected chi connectivity index (χ0v) is 10.4. The molecule has 5 nitrogen and oxygen atoms in total. The molecule has 1 heterocycles. The smallest absolute Gasteiger partial charge is 0.224 e. The minimum Gasteiger partial charge on any atom is -0.439 e. The first-order valence-electron chi connectivity index (χ1n) is 5.75. The Morgan fingerprint density at radius 3 is 2.50 bits per heavy atom. The van der Waals surface area contributed by atoms with E-state index >= 15 is 0 Å². The Morgan fingerprint density at radius 1 is 1.17 bits per heavy atom. The Kier molecular flexibility index (Phi) is 3.74. The largest absolute Gasteiger partial charge is 0.439 e. The van der Waals surface area contributed by atoms with E-state index in [1.807, 2.05) is 24.3 Å². The highest BCUT2D eigenvalue weighted by Gasteiger charge is 2.02. The number of aromatic nitrogens is 2. The van der Waals surface area contributed by atoms with Crippen LogP contribution in [-0.4, -0.2) is 9.97 Å². The van der Waals surface area contributed by atoms with Crippen molar-refractivity contribution in [2.45, 2.75) is 19.8 Å². The first-order chi connectivity index (χ1) is 8.69. The van der Waals surface area contributed by atoms with E-state index in [0.29, 0.717) is 17.6 Å². The molecular formula is C13H16N4O. The van der Waals surface area contributed by atoms with Gasteiger partial charge in [-0.05, 0) is 23.6 Å². The maximum atomic E-state index is 5.61. The van der Waals surface area contributed by atoms with Gasteiger partial charge in [-0.2, -0.15) is 0 Å². The summed E-state index contributed by atoms with van der Waals surface area (Å²) in [5.41, 5.74) is 3.72. The van der Waals surface area contributed by atoms with Gasteiger partial charge in [0.1, 0.15) is 17.9 Å². The molecule has 5 heteroatoms. The SMILES string of the molecule is CC(C)c1ccc(Oc2cc(NN)ncn2)cc1. The fraction of sp³-hybridized carbons (Fsp3) is 0.231. The number of benzene rings is 1. The van der Waals surface area contributed by atoms with Crippen LogP contribution in [0.1, 0.15) is 25.3 Å². The Hall–Kier alpha value is -2.14. The Bertz CT molecular complexity index is 511. The van der Waals surface area contributed by atoms with Crippen LogP contribution in [0.15, 0.2) is 36.7 Å². The molecular weight excluding hydrogens is 228 g/mol. The summed E-state index contributed by atoms with van der Waals surface area (Å²) in [5, 5.41) is 0. The Labute approximate surface area is 106 Å². The van der Waals surface area contributed by atoms with Gasteiger partial charge in [0.15, 0.2) is 0 Å². The van der Waals surface area contributed by atoms with Gasteiger partial charge in [0, 0.05) is 6.07 Å². The minimum absolute atomic E-state index is 0.454. The highest BCUT2D eigenvalue weighted by molar-refractivity contribution is 5.38. The molecule has 1 aromatic heterocycles. The number of nitrogens with zero attached hydrogens (tertiary/aromatic N) is 2. The first-order valence-corrected chi connectivity index (χ1v) is 5.75. The number of hydrazine groups is 1. The predicted molar refractivity (Wildman–Crippen MR) is 70.4 cm³/mol. The molecule has 0 spiro atoms. The molecule has 0 saturated carbocycles. The molecule has 0 saturated heterocycles. The summed E-state index contributed by atoms with van der Waals surface area (Å²) in [6.07, 6.45) is 1.40. The second-order valence-corrected chi connectivity index (χ2v) is 4.21. The summed E-state index contributed by atoms with van der Waals surface area (Å²) in [5.74, 6) is 7.48. The third-order valence-electron chi connectivity index (χ3n) is 2.56. The van der Waals surface area contributed by atoms with Gasteiger partial charge in [-0.3, -0.25) is 0 Å². The number of rotatable bonds is 4. The third kappa shape index (κ3) is 2.95. The maximum absolute atomic E-state index is 5.61. The Morgan fingerprint density at radius 2 is 1.89 bits per heavy atom. The average Bonchev–Trinajstić information content (AvgIpc) is 2.39. The molecule has 0 radical (unpaired) electrons. The molecule has 2 aromatic rings. The lowest BCUT2D eigenvalue weighted by molar-refractivity contribution is 0.461. The van der Waals surface area contributed by atoms with Gasteiger partial charge >= 0.3 is 0 Å². The van der Waals surface area contributed by atoms with E-state index in [0.717, 1.165) is 5.75 Å². The van der Waals surface area contributed by atoms with Gasteiger partial charge in [0.25, 0.3) is 0 Å². The van der Waals surface area contributed by atoms with Crippen LogP contribution in [0.5, 0.6) is 11.6 Å². The molecule has 3 N–H and O–H groups in total. The van der Waals surface area contributed by atoms with Crippen molar-refractivity contribution in [1.29, 1.82) is 0 Å². The lowest BCUT2D eigenvalue weighted by atomic mass is 10.0. The molecule has 18 heavy (non-hydrogen) atoms. The van der Waals surface area contributed by atoms with Crippen LogP contribution in [-0.2, 0) is 0 Å². The van der Waals surface area contributed by atoms with Gasteiger partial charge in [0.05, 0.1) is 0 Å². The van der Waals surface area contributed by atoms with E-state index in [4.69, 9.17) is 10.6 Å². The van der Waals surface area contributed by atoms with Gasteiger partial charge in [-0.15, -0.1) is 0 Å². The van der Waals surface area contributed by atoms with Crippen LogP contribution in [0.25, 0.3) is 0 Å². The monoisotopic (exact) mass is 244 g/mol. The molecule has 0 aliphatic heterocycles. The lowest BCUT2D eigenvalue weighted by Gasteiger charge is -2.08. The zero-order valence-electron chi connectivity index (χ0n) is 10.4. The molecule has 94 valence electrons. The van der Waals surface area contributed by atoms with Crippen molar-refractivity contribution < 1.29 is 4.74 Å². The maximum Gasteiger partial charge on any atom is 0.224 e. The van der Waals surface area contributed by atoms with E-state index < -0.39 is 0 Å². The van der Waals surface area contributed by atoms with Crippen molar-refractivity contribution in [1.82, 2.24) is 9.97 Å². The highest BCUT2D eigenvalue weighted by Crippen LogP contribution is 2.23. The van der Waals surface area contributed by atoms with E-state index in [1.54, 1.807) is 6.07 Å². The summed E-state index contributed by atoms with van der Waals surface area (Å²) >= 11 is 0. The topological polar surface area (TPSA) is 73.1 Å². The van der Waals surface area contributed by atoms with Crippen LogP contribution in [0.3, 0.4) is 0 Å². The van der Waals surface area contributed by atoms with Gasteiger partial charge in [-0.25, -0.2) is 15.8 Å². The third-order valence-corrected chi connectivity index (χ3v) is 2.56. The molecule has 2 rings (SSSR count).